The Kier molecular flexibility index (Phi) is 1.99. The fourth-order valence-corrected chi connectivity index (χ4v) is 1.72. The molecule has 1 aliphatic rings. The molecule has 16 heavy (non-hydrogen) atoms. The summed E-state index contributed by atoms with van der Waals surface area (Å²) in [6.45, 7) is 2.93. The first-order chi connectivity index (χ1) is 8.22. The van der Waals surface area contributed by atoms with E-state index in [2.05, 4.69) is 15.3 Å². The van der Waals surface area contributed by atoms with E-state index in [-0.39, 0.29) is 6.17 Å². The molecule has 1 fully saturated rings. The molecule has 3 rings (SSSR count). The fourth-order valence-electron chi connectivity index (χ4n) is 1.72. The molecular weight excluding hydrogens is 198 g/mol. The first-order valence-electron chi connectivity index (χ1n) is 6.21. The minimum atomic E-state index is 0.240. The molecule has 0 unspecified atom stereocenters. The zero-order chi connectivity index (χ0) is 11.8. The molecule has 1 N–H and O–H groups in total. The van der Waals surface area contributed by atoms with Crippen LogP contribution in [0.3, 0.4) is 0 Å². The van der Waals surface area contributed by atoms with E-state index in [4.69, 9.17) is 1.37 Å². The summed E-state index contributed by atoms with van der Waals surface area (Å²) in [5.74, 6) is 1.37. The first kappa shape index (κ1) is 8.50. The van der Waals surface area contributed by atoms with Gasteiger partial charge in [-0.05, 0) is 43.4 Å². The molecule has 0 bridgehead atoms. The van der Waals surface area contributed by atoms with Crippen LogP contribution in [0.4, 0.5) is 5.82 Å². The Balaban J connectivity index is 1.94. The lowest BCUT2D eigenvalue weighted by Crippen LogP contribution is -2.05. The highest BCUT2D eigenvalue weighted by atomic mass is 15.0. The molecule has 2 aromatic rings. The average molecular weight is 214 g/mol. The Morgan fingerprint density at radius 3 is 3.12 bits per heavy atom. The van der Waals surface area contributed by atoms with Crippen molar-refractivity contribution in [2.75, 3.05) is 11.9 Å². The van der Waals surface area contributed by atoms with Gasteiger partial charge < -0.3 is 5.32 Å². The lowest BCUT2D eigenvalue weighted by atomic mass is 10.2. The first-order valence-corrected chi connectivity index (χ1v) is 5.71. The summed E-state index contributed by atoms with van der Waals surface area (Å²) < 4.78 is 7.85. The van der Waals surface area contributed by atoms with Crippen LogP contribution in [0.5, 0.6) is 0 Å². The van der Waals surface area contributed by atoms with Gasteiger partial charge >= 0.3 is 0 Å². The van der Waals surface area contributed by atoms with Gasteiger partial charge in [0, 0.05) is 6.54 Å². The molecule has 1 heterocycles. The SMILES string of the molecule is [2H]c1nc2cc(C)ccc2nc1NCC1CC1. The van der Waals surface area contributed by atoms with Gasteiger partial charge in [0.25, 0.3) is 0 Å². The third-order valence-electron chi connectivity index (χ3n) is 2.90. The van der Waals surface area contributed by atoms with E-state index in [1.807, 2.05) is 25.1 Å². The predicted molar refractivity (Wildman–Crippen MR) is 65.5 cm³/mol. The summed E-state index contributed by atoms with van der Waals surface area (Å²) in [4.78, 5) is 8.73. The topological polar surface area (TPSA) is 37.8 Å². The van der Waals surface area contributed by atoms with Crippen molar-refractivity contribution < 1.29 is 1.37 Å². The molecule has 3 nitrogen and oxygen atoms in total. The zero-order valence-electron chi connectivity index (χ0n) is 10.3. The van der Waals surface area contributed by atoms with E-state index in [1.54, 1.807) is 0 Å². The van der Waals surface area contributed by atoms with Crippen molar-refractivity contribution in [3.05, 3.63) is 29.9 Å². The van der Waals surface area contributed by atoms with E-state index in [9.17, 15) is 0 Å². The zero-order valence-corrected chi connectivity index (χ0v) is 9.33. The summed E-state index contributed by atoms with van der Waals surface area (Å²) in [5, 5.41) is 3.22. The van der Waals surface area contributed by atoms with Crippen LogP contribution < -0.4 is 5.32 Å². The van der Waals surface area contributed by atoms with Crippen molar-refractivity contribution in [3.8, 4) is 0 Å². The second-order valence-electron chi connectivity index (χ2n) is 4.50. The van der Waals surface area contributed by atoms with Gasteiger partial charge in [-0.1, -0.05) is 6.07 Å². The normalized spacial score (nSPS) is 16.2. The van der Waals surface area contributed by atoms with Crippen LogP contribution in [0.15, 0.2) is 24.4 Å². The minimum Gasteiger partial charge on any atom is -0.368 e. The van der Waals surface area contributed by atoms with Gasteiger partial charge in [-0.2, -0.15) is 0 Å². The summed E-state index contributed by atoms with van der Waals surface area (Å²) in [7, 11) is 0. The quantitative estimate of drug-likeness (QED) is 0.853. The maximum atomic E-state index is 7.85. The maximum absolute atomic E-state index is 7.85. The monoisotopic (exact) mass is 214 g/mol. The average Bonchev–Trinajstić information content (AvgIpc) is 3.10. The number of aromatic nitrogens is 2. The lowest BCUT2D eigenvalue weighted by Gasteiger charge is -2.05. The number of fused-ring (bicyclic) bond motifs is 1. The van der Waals surface area contributed by atoms with Gasteiger partial charge in [0.05, 0.1) is 18.6 Å². The largest absolute Gasteiger partial charge is 0.368 e. The van der Waals surface area contributed by atoms with Crippen molar-refractivity contribution in [2.45, 2.75) is 19.8 Å². The van der Waals surface area contributed by atoms with Crippen LogP contribution in [0.25, 0.3) is 11.0 Å². The van der Waals surface area contributed by atoms with E-state index in [0.717, 1.165) is 29.1 Å². The number of benzene rings is 1. The smallest absolute Gasteiger partial charge is 0.145 e. The standard InChI is InChI=1S/C13H15N3/c1-9-2-5-11-12(6-9)14-8-13(16-11)15-7-10-3-4-10/h2,5-6,8,10H,3-4,7H2,1H3,(H,15,16)/i8D. The molecule has 0 amide bonds. The number of rotatable bonds is 3. The Morgan fingerprint density at radius 1 is 1.44 bits per heavy atom. The van der Waals surface area contributed by atoms with Crippen LogP contribution in [0, 0.1) is 12.8 Å². The number of nitrogens with zero attached hydrogens (tertiary/aromatic N) is 2. The summed E-state index contributed by atoms with van der Waals surface area (Å²) in [6, 6.07) is 5.94. The highest BCUT2D eigenvalue weighted by molar-refractivity contribution is 5.76. The molecule has 82 valence electrons. The van der Waals surface area contributed by atoms with E-state index in [0.29, 0.717) is 5.82 Å². The number of hydrogen-bond donors (Lipinski definition) is 1. The van der Waals surface area contributed by atoms with Crippen LogP contribution in [-0.4, -0.2) is 16.5 Å². The highest BCUT2D eigenvalue weighted by Gasteiger charge is 2.20. The van der Waals surface area contributed by atoms with Crippen LogP contribution in [0.2, 0.25) is 0 Å². The van der Waals surface area contributed by atoms with Crippen molar-refractivity contribution in [1.82, 2.24) is 9.97 Å². The molecule has 0 aliphatic heterocycles. The number of anilines is 1. The molecule has 0 saturated heterocycles. The molecule has 1 saturated carbocycles. The molecule has 3 heteroatoms. The number of aryl methyl sites for hydroxylation is 1. The third-order valence-corrected chi connectivity index (χ3v) is 2.90. The predicted octanol–water partition coefficient (Wildman–Crippen LogP) is 2.76. The van der Waals surface area contributed by atoms with Crippen LogP contribution >= 0.6 is 0 Å². The second-order valence-corrected chi connectivity index (χ2v) is 4.50. The van der Waals surface area contributed by atoms with Gasteiger partial charge in [0.1, 0.15) is 5.82 Å². The molecule has 1 aromatic heterocycles. The molecule has 1 aliphatic carbocycles. The Bertz CT molecular complexity index is 564. The maximum Gasteiger partial charge on any atom is 0.145 e. The van der Waals surface area contributed by atoms with Crippen molar-refractivity contribution in [3.63, 3.8) is 0 Å². The van der Waals surface area contributed by atoms with Crippen molar-refractivity contribution in [1.29, 1.82) is 0 Å². The van der Waals surface area contributed by atoms with E-state index < -0.39 is 0 Å². The lowest BCUT2D eigenvalue weighted by molar-refractivity contribution is 0.883. The fraction of sp³-hybridized carbons (Fsp3) is 0.385. The van der Waals surface area contributed by atoms with Gasteiger partial charge in [-0.25, -0.2) is 4.98 Å². The van der Waals surface area contributed by atoms with Crippen LogP contribution in [0.1, 0.15) is 19.8 Å². The van der Waals surface area contributed by atoms with Gasteiger partial charge in [0.15, 0.2) is 0 Å². The Labute approximate surface area is 96.3 Å². The summed E-state index contributed by atoms with van der Waals surface area (Å²) >= 11 is 0. The highest BCUT2D eigenvalue weighted by Crippen LogP contribution is 2.28. The molecule has 0 radical (unpaired) electrons. The van der Waals surface area contributed by atoms with E-state index in [1.165, 1.54) is 12.8 Å². The molecule has 0 atom stereocenters. The minimum absolute atomic E-state index is 0.240. The molecule has 0 spiro atoms. The third kappa shape index (κ3) is 1.98. The molecular formula is C13H15N3. The summed E-state index contributed by atoms with van der Waals surface area (Å²) in [6.07, 6.45) is 2.82. The van der Waals surface area contributed by atoms with Gasteiger partial charge in [-0.15, -0.1) is 0 Å². The van der Waals surface area contributed by atoms with Crippen molar-refractivity contribution in [2.24, 2.45) is 5.92 Å². The Hall–Kier alpha value is -1.64. The van der Waals surface area contributed by atoms with Crippen molar-refractivity contribution >= 4 is 16.9 Å². The molecule has 1 aromatic carbocycles. The number of nitrogens with one attached hydrogen (secondary N) is 1. The second kappa shape index (κ2) is 3.74. The van der Waals surface area contributed by atoms with Crippen LogP contribution in [-0.2, 0) is 0 Å². The number of hydrogen-bond acceptors (Lipinski definition) is 3. The Morgan fingerprint density at radius 2 is 2.31 bits per heavy atom. The van der Waals surface area contributed by atoms with E-state index >= 15 is 0 Å². The summed E-state index contributed by atoms with van der Waals surface area (Å²) in [5.41, 5.74) is 2.79. The van der Waals surface area contributed by atoms with Gasteiger partial charge in [-0.3, -0.25) is 4.98 Å². The van der Waals surface area contributed by atoms with Gasteiger partial charge in [0.2, 0.25) is 0 Å².